The Kier molecular flexibility index (Phi) is 6.03. The van der Waals surface area contributed by atoms with Crippen LogP contribution in [0, 0.1) is 23.7 Å². The molecule has 3 aromatic carbocycles. The molecule has 4 aliphatic rings. The highest BCUT2D eigenvalue weighted by Gasteiger charge is 2.62. The number of carboxylic acid groups (broad SMARTS) is 1. The van der Waals surface area contributed by atoms with Crippen molar-refractivity contribution in [3.63, 3.8) is 0 Å². The quantitative estimate of drug-likeness (QED) is 0.305. The van der Waals surface area contributed by atoms with Crippen LogP contribution in [-0.4, -0.2) is 46.5 Å². The largest absolute Gasteiger partial charge is 0.496 e. The van der Waals surface area contributed by atoms with Crippen molar-refractivity contribution in [2.75, 3.05) is 14.2 Å². The minimum Gasteiger partial charge on any atom is -0.496 e. The number of benzene rings is 3. The van der Waals surface area contributed by atoms with Gasteiger partial charge in [0.05, 0.1) is 31.2 Å². The Hall–Kier alpha value is -4.33. The van der Waals surface area contributed by atoms with E-state index in [1.54, 1.807) is 25.0 Å². The summed E-state index contributed by atoms with van der Waals surface area (Å²) in [5, 5.41) is 20.5. The average molecular weight is 552 g/mol. The highest BCUT2D eigenvalue weighted by atomic mass is 16.5. The third-order valence-corrected chi connectivity index (χ3v) is 9.72. The molecule has 0 saturated heterocycles. The maximum atomic E-state index is 14.0. The molecule has 8 heteroatoms. The number of nitrogens with zero attached hydrogens (tertiary/aromatic N) is 2. The monoisotopic (exact) mass is 551 g/mol. The van der Waals surface area contributed by atoms with Gasteiger partial charge in [0.2, 0.25) is 0 Å². The number of rotatable bonds is 7. The normalized spacial score (nSPS) is 26.2. The Bertz CT molecular complexity index is 1620. The van der Waals surface area contributed by atoms with Gasteiger partial charge >= 0.3 is 5.97 Å². The van der Waals surface area contributed by atoms with Gasteiger partial charge in [0.1, 0.15) is 17.0 Å². The summed E-state index contributed by atoms with van der Waals surface area (Å²) in [6.07, 6.45) is 4.61. The lowest BCUT2D eigenvalue weighted by Crippen LogP contribution is -2.70. The van der Waals surface area contributed by atoms with Crippen LogP contribution >= 0.6 is 0 Å². The average Bonchev–Trinajstić information content (AvgIpc) is 3.42. The molecule has 41 heavy (non-hydrogen) atoms. The van der Waals surface area contributed by atoms with E-state index in [-0.39, 0.29) is 17.5 Å². The van der Waals surface area contributed by atoms with Crippen LogP contribution in [0.4, 0.5) is 0 Å². The fourth-order valence-corrected chi connectivity index (χ4v) is 8.14. The van der Waals surface area contributed by atoms with Crippen LogP contribution < -0.4 is 14.8 Å². The molecule has 0 spiro atoms. The summed E-state index contributed by atoms with van der Waals surface area (Å²) < 4.78 is 13.2. The first-order valence-corrected chi connectivity index (χ1v) is 14.3. The lowest BCUT2D eigenvalue weighted by Gasteiger charge is -2.59. The Morgan fingerprint density at radius 1 is 0.878 bits per heavy atom. The summed E-state index contributed by atoms with van der Waals surface area (Å²) in [7, 11) is 3.18. The molecule has 1 amide bonds. The van der Waals surface area contributed by atoms with Crippen molar-refractivity contribution >= 4 is 22.6 Å². The van der Waals surface area contributed by atoms with Gasteiger partial charge in [-0.1, -0.05) is 42.5 Å². The van der Waals surface area contributed by atoms with Crippen LogP contribution in [0.5, 0.6) is 11.5 Å². The van der Waals surface area contributed by atoms with Crippen molar-refractivity contribution in [2.24, 2.45) is 23.7 Å². The van der Waals surface area contributed by atoms with Gasteiger partial charge in [-0.15, -0.1) is 0 Å². The Morgan fingerprint density at radius 3 is 2.12 bits per heavy atom. The third kappa shape index (κ3) is 3.91. The van der Waals surface area contributed by atoms with E-state index in [9.17, 15) is 14.7 Å². The Morgan fingerprint density at radius 2 is 1.49 bits per heavy atom. The van der Waals surface area contributed by atoms with E-state index in [1.807, 2.05) is 60.7 Å². The second-order valence-corrected chi connectivity index (χ2v) is 11.8. The zero-order valence-electron chi connectivity index (χ0n) is 23.2. The summed E-state index contributed by atoms with van der Waals surface area (Å²) >= 11 is 0. The topological polar surface area (TPSA) is 103 Å². The molecular formula is C33H33N3O5. The summed E-state index contributed by atoms with van der Waals surface area (Å²) in [6, 6.07) is 21.2. The molecule has 4 bridgehead atoms. The molecule has 8 nitrogen and oxygen atoms in total. The van der Waals surface area contributed by atoms with Gasteiger partial charge in [-0.05, 0) is 85.4 Å². The van der Waals surface area contributed by atoms with E-state index in [0.29, 0.717) is 34.6 Å². The van der Waals surface area contributed by atoms with Crippen molar-refractivity contribution in [2.45, 2.75) is 37.6 Å². The number of hydrogen-bond acceptors (Lipinski definition) is 5. The molecule has 1 heterocycles. The molecule has 0 radical (unpaired) electrons. The van der Waals surface area contributed by atoms with Crippen molar-refractivity contribution in [1.29, 1.82) is 0 Å². The first-order valence-electron chi connectivity index (χ1n) is 14.3. The van der Waals surface area contributed by atoms with E-state index in [1.165, 1.54) is 6.42 Å². The fraction of sp³-hybridized carbons (Fsp3) is 0.364. The minimum atomic E-state index is -1.27. The van der Waals surface area contributed by atoms with Gasteiger partial charge in [0.25, 0.3) is 5.91 Å². The second-order valence-electron chi connectivity index (χ2n) is 11.8. The third-order valence-electron chi connectivity index (χ3n) is 9.72. The van der Waals surface area contributed by atoms with Crippen LogP contribution in [0.3, 0.4) is 0 Å². The van der Waals surface area contributed by atoms with E-state index < -0.39 is 17.4 Å². The molecule has 0 unspecified atom stereocenters. The number of carboxylic acids is 1. The number of aliphatic carboxylic acids is 1. The lowest BCUT2D eigenvalue weighted by atomic mass is 9.48. The smallest absolute Gasteiger partial charge is 0.330 e. The van der Waals surface area contributed by atoms with Crippen molar-refractivity contribution in [3.8, 4) is 28.4 Å². The zero-order chi connectivity index (χ0) is 28.3. The van der Waals surface area contributed by atoms with E-state index >= 15 is 0 Å². The standard InChI is InChI=1S/C33H33N3O5/c1-40-28-11-6-12-29(41-2)30(28)27-18-25(35-36(27)26-10-5-8-21-7-3-4-9-24(21)26)31(37)34-33(32(38)39)22-14-19-13-20(16-22)17-23(33)15-19/h3-12,18-20,22-23H,13-17H2,1-2H3,(H,34,37)(H,38,39). The zero-order valence-corrected chi connectivity index (χ0v) is 23.2. The number of fused-ring (bicyclic) bond motifs is 1. The molecule has 4 fully saturated rings. The molecule has 4 aromatic rings. The molecule has 0 atom stereocenters. The van der Waals surface area contributed by atoms with Crippen LogP contribution in [0.25, 0.3) is 27.7 Å². The number of aromatic nitrogens is 2. The van der Waals surface area contributed by atoms with Crippen molar-refractivity contribution < 1.29 is 24.2 Å². The summed E-state index contributed by atoms with van der Waals surface area (Å²) in [5.41, 5.74) is 0.925. The van der Waals surface area contributed by atoms with E-state index in [2.05, 4.69) is 5.32 Å². The van der Waals surface area contributed by atoms with Gasteiger partial charge < -0.3 is 19.9 Å². The number of carbonyl (C=O) groups excluding carboxylic acids is 1. The van der Waals surface area contributed by atoms with Gasteiger partial charge in [-0.3, -0.25) is 4.79 Å². The minimum absolute atomic E-state index is 0.0610. The number of hydrogen-bond donors (Lipinski definition) is 2. The van der Waals surface area contributed by atoms with Crippen LogP contribution in [-0.2, 0) is 4.79 Å². The molecule has 4 saturated carbocycles. The Labute approximate surface area is 238 Å². The Balaban J connectivity index is 1.37. The highest BCUT2D eigenvalue weighted by Crippen LogP contribution is 2.58. The summed E-state index contributed by atoms with van der Waals surface area (Å²) in [5.74, 6) is 0.743. The molecule has 4 aliphatic carbocycles. The van der Waals surface area contributed by atoms with Gasteiger partial charge in [0, 0.05) is 5.39 Å². The molecular weight excluding hydrogens is 518 g/mol. The number of nitrogens with one attached hydrogen (secondary N) is 1. The maximum Gasteiger partial charge on any atom is 0.330 e. The predicted octanol–water partition coefficient (Wildman–Crippen LogP) is 5.72. The fourth-order valence-electron chi connectivity index (χ4n) is 8.14. The number of amides is 1. The number of methoxy groups -OCH3 is 2. The molecule has 210 valence electrons. The summed E-state index contributed by atoms with van der Waals surface area (Å²) in [4.78, 5) is 27.0. The van der Waals surface area contributed by atoms with Crippen molar-refractivity contribution in [1.82, 2.24) is 15.1 Å². The van der Waals surface area contributed by atoms with Gasteiger partial charge in [-0.25, -0.2) is 9.48 Å². The first kappa shape index (κ1) is 25.6. The van der Waals surface area contributed by atoms with Gasteiger partial charge in [0.15, 0.2) is 5.69 Å². The van der Waals surface area contributed by atoms with E-state index in [0.717, 1.165) is 42.1 Å². The molecule has 8 rings (SSSR count). The van der Waals surface area contributed by atoms with Crippen molar-refractivity contribution in [3.05, 3.63) is 72.4 Å². The van der Waals surface area contributed by atoms with E-state index in [4.69, 9.17) is 14.6 Å². The number of carbonyl (C=O) groups is 2. The number of ether oxygens (including phenoxy) is 2. The lowest BCUT2D eigenvalue weighted by molar-refractivity contribution is -0.163. The highest BCUT2D eigenvalue weighted by molar-refractivity contribution is 5.99. The van der Waals surface area contributed by atoms with Gasteiger partial charge in [-0.2, -0.15) is 5.10 Å². The van der Waals surface area contributed by atoms with Crippen LogP contribution in [0.15, 0.2) is 66.7 Å². The SMILES string of the molecule is COc1cccc(OC)c1-c1cc(C(=O)NC2(C(=O)O)C3CC4CC(C3)CC2C4)nn1-c1cccc2ccccc12. The first-order chi connectivity index (χ1) is 19.9. The molecule has 2 N–H and O–H groups in total. The maximum absolute atomic E-state index is 14.0. The van der Waals surface area contributed by atoms with Crippen LogP contribution in [0.2, 0.25) is 0 Å². The predicted molar refractivity (Wildman–Crippen MR) is 154 cm³/mol. The molecule has 0 aliphatic heterocycles. The second kappa shape index (κ2) is 9.65. The molecule has 1 aromatic heterocycles. The van der Waals surface area contributed by atoms with Crippen LogP contribution in [0.1, 0.15) is 42.6 Å². The summed E-state index contributed by atoms with van der Waals surface area (Å²) in [6.45, 7) is 0.